The van der Waals surface area contributed by atoms with Crippen molar-refractivity contribution < 1.29 is 24.2 Å². The van der Waals surface area contributed by atoms with Crippen LogP contribution in [0.3, 0.4) is 0 Å². The van der Waals surface area contributed by atoms with Crippen LogP contribution in [0.15, 0.2) is 18.2 Å². The SMILES string of the molecule is CCCNC(=O)[C@H]1[C@H]2C(=O)N([C@@H](CO)CC(C)C)C(C(=O)Nc3cc(C)ccc3C)C23CC[C@]1(CC)O3. The van der Waals surface area contributed by atoms with E-state index in [1.54, 1.807) is 4.90 Å². The summed E-state index contributed by atoms with van der Waals surface area (Å²) in [5.74, 6) is -1.98. The van der Waals surface area contributed by atoms with Gasteiger partial charge < -0.3 is 25.4 Å². The zero-order valence-electron chi connectivity index (χ0n) is 23.1. The number of fused-ring (bicyclic) bond motifs is 1. The van der Waals surface area contributed by atoms with Gasteiger partial charge in [-0.25, -0.2) is 0 Å². The maximum atomic E-state index is 14.3. The van der Waals surface area contributed by atoms with Gasteiger partial charge >= 0.3 is 0 Å². The van der Waals surface area contributed by atoms with E-state index < -0.39 is 35.1 Å². The van der Waals surface area contributed by atoms with Crippen LogP contribution >= 0.6 is 0 Å². The van der Waals surface area contributed by atoms with Crippen LogP contribution in [0.1, 0.15) is 70.9 Å². The number of hydrogen-bond donors (Lipinski definition) is 3. The number of anilines is 1. The first-order chi connectivity index (χ1) is 17.5. The van der Waals surface area contributed by atoms with Crippen LogP contribution in [0.25, 0.3) is 0 Å². The number of aliphatic hydroxyl groups is 1. The summed E-state index contributed by atoms with van der Waals surface area (Å²) in [4.78, 5) is 43.5. The second-order valence-electron chi connectivity index (χ2n) is 11.6. The molecule has 3 fully saturated rings. The maximum absolute atomic E-state index is 14.3. The number of hydrogen-bond acceptors (Lipinski definition) is 5. The molecule has 0 saturated carbocycles. The van der Waals surface area contributed by atoms with Crippen molar-refractivity contribution in [2.24, 2.45) is 17.8 Å². The van der Waals surface area contributed by atoms with Crippen molar-refractivity contribution >= 4 is 23.4 Å². The monoisotopic (exact) mass is 513 g/mol. The first-order valence-electron chi connectivity index (χ1n) is 13.8. The molecule has 0 aliphatic carbocycles. The normalized spacial score (nSPS) is 31.1. The third-order valence-electron chi connectivity index (χ3n) is 8.70. The van der Waals surface area contributed by atoms with E-state index in [1.165, 1.54) is 0 Å². The van der Waals surface area contributed by atoms with Crippen molar-refractivity contribution in [2.45, 2.75) is 96.9 Å². The molecule has 0 radical (unpaired) electrons. The molecule has 3 aliphatic rings. The zero-order valence-corrected chi connectivity index (χ0v) is 23.1. The van der Waals surface area contributed by atoms with Crippen LogP contribution in [0.2, 0.25) is 0 Å². The summed E-state index contributed by atoms with van der Waals surface area (Å²) in [7, 11) is 0. The Kier molecular flexibility index (Phi) is 7.73. The van der Waals surface area contributed by atoms with Crippen molar-refractivity contribution in [2.75, 3.05) is 18.5 Å². The molecule has 1 spiro atoms. The third-order valence-corrected chi connectivity index (χ3v) is 8.70. The van der Waals surface area contributed by atoms with Crippen LogP contribution in [-0.2, 0) is 19.1 Å². The van der Waals surface area contributed by atoms with E-state index in [0.29, 0.717) is 37.9 Å². The van der Waals surface area contributed by atoms with Crippen LogP contribution in [0.4, 0.5) is 5.69 Å². The van der Waals surface area contributed by atoms with Crippen molar-refractivity contribution in [1.29, 1.82) is 0 Å². The van der Waals surface area contributed by atoms with Gasteiger partial charge in [-0.2, -0.15) is 0 Å². The zero-order chi connectivity index (χ0) is 27.1. The fourth-order valence-electron chi connectivity index (χ4n) is 7.00. The Morgan fingerprint density at radius 3 is 2.54 bits per heavy atom. The van der Waals surface area contributed by atoms with Gasteiger partial charge in [-0.3, -0.25) is 14.4 Å². The van der Waals surface area contributed by atoms with Crippen molar-refractivity contribution in [3.05, 3.63) is 29.3 Å². The maximum Gasteiger partial charge on any atom is 0.250 e. The number of ether oxygens (including phenoxy) is 1. The Bertz CT molecular complexity index is 1060. The molecule has 3 amide bonds. The summed E-state index contributed by atoms with van der Waals surface area (Å²) in [5.41, 5.74) is 0.752. The number of benzene rings is 1. The molecule has 1 aromatic carbocycles. The lowest BCUT2D eigenvalue weighted by atomic mass is 9.65. The quantitative estimate of drug-likeness (QED) is 0.445. The molecular weight excluding hydrogens is 470 g/mol. The van der Waals surface area contributed by atoms with Gasteiger partial charge in [-0.1, -0.05) is 39.8 Å². The fraction of sp³-hybridized carbons (Fsp3) is 0.690. The van der Waals surface area contributed by atoms with E-state index in [4.69, 9.17) is 4.74 Å². The molecule has 3 N–H and O–H groups in total. The molecule has 2 unspecified atom stereocenters. The first kappa shape index (κ1) is 27.6. The molecule has 37 heavy (non-hydrogen) atoms. The van der Waals surface area contributed by atoms with Crippen LogP contribution < -0.4 is 10.6 Å². The highest BCUT2D eigenvalue weighted by molar-refractivity contribution is 6.04. The summed E-state index contributed by atoms with van der Waals surface area (Å²) < 4.78 is 6.79. The predicted molar refractivity (Wildman–Crippen MR) is 142 cm³/mol. The molecule has 8 nitrogen and oxygen atoms in total. The number of likely N-dealkylation sites (tertiary alicyclic amines) is 1. The summed E-state index contributed by atoms with van der Waals surface area (Å²) in [6.45, 7) is 12.2. The van der Waals surface area contributed by atoms with Gasteiger partial charge in [0.15, 0.2) is 0 Å². The molecular formula is C29H43N3O5. The van der Waals surface area contributed by atoms with E-state index in [-0.39, 0.29) is 30.2 Å². The Morgan fingerprint density at radius 2 is 1.92 bits per heavy atom. The highest BCUT2D eigenvalue weighted by Gasteiger charge is 2.79. The number of carbonyl (C=O) groups excluding carboxylic acids is 3. The highest BCUT2D eigenvalue weighted by Crippen LogP contribution is 2.64. The number of aliphatic hydroxyl groups excluding tert-OH is 1. The molecule has 2 bridgehead atoms. The summed E-state index contributed by atoms with van der Waals surface area (Å²) in [5, 5.41) is 16.5. The number of nitrogens with one attached hydrogen (secondary N) is 2. The lowest BCUT2D eigenvalue weighted by Gasteiger charge is -2.38. The van der Waals surface area contributed by atoms with E-state index in [2.05, 4.69) is 10.6 Å². The van der Waals surface area contributed by atoms with Crippen molar-refractivity contribution in [3.63, 3.8) is 0 Å². The second-order valence-corrected chi connectivity index (χ2v) is 11.6. The molecule has 3 saturated heterocycles. The molecule has 1 aromatic rings. The number of carbonyl (C=O) groups is 3. The lowest BCUT2D eigenvalue weighted by Crippen LogP contribution is -2.56. The molecule has 8 heteroatoms. The van der Waals surface area contributed by atoms with Gasteiger partial charge in [0, 0.05) is 12.2 Å². The average molecular weight is 514 g/mol. The van der Waals surface area contributed by atoms with E-state index in [9.17, 15) is 19.5 Å². The van der Waals surface area contributed by atoms with Gasteiger partial charge in [0.2, 0.25) is 17.7 Å². The first-order valence-corrected chi connectivity index (χ1v) is 13.8. The minimum atomic E-state index is -1.10. The summed E-state index contributed by atoms with van der Waals surface area (Å²) in [6, 6.07) is 4.39. The molecule has 6 atom stereocenters. The Labute approximate surface area is 220 Å². The van der Waals surface area contributed by atoms with Gasteiger partial charge in [-0.05, 0) is 69.1 Å². The Hall–Kier alpha value is -2.45. The van der Waals surface area contributed by atoms with E-state index in [1.807, 2.05) is 59.7 Å². The van der Waals surface area contributed by atoms with Crippen LogP contribution in [-0.4, -0.2) is 64.2 Å². The number of nitrogens with zero attached hydrogens (tertiary/aromatic N) is 1. The minimum absolute atomic E-state index is 0.177. The standard InChI is InChI=1S/C29H43N3O5/c1-7-13-30-25(34)22-23-27(36)32(20(16-33)14-17(3)4)24(29(23)12-11-28(22,8-2)37-29)26(35)31-21-15-18(5)9-10-19(21)6/h9-10,15,17,20,22-24,33H,7-8,11-14,16H2,1-6H3,(H,30,34)(H,31,35)/t20-,22-,23+,24?,28+,29?/m1/s1. The number of rotatable bonds is 10. The average Bonchev–Trinajstić information content (AvgIpc) is 3.46. The number of aryl methyl sites for hydroxylation is 2. The molecule has 0 aromatic heterocycles. The second kappa shape index (κ2) is 10.4. The molecule has 3 aliphatic heterocycles. The Morgan fingerprint density at radius 1 is 1.19 bits per heavy atom. The molecule has 204 valence electrons. The fourth-order valence-corrected chi connectivity index (χ4v) is 7.00. The third kappa shape index (κ3) is 4.46. The van der Waals surface area contributed by atoms with Crippen molar-refractivity contribution in [3.8, 4) is 0 Å². The van der Waals surface area contributed by atoms with Gasteiger partial charge in [-0.15, -0.1) is 0 Å². The van der Waals surface area contributed by atoms with Crippen molar-refractivity contribution in [1.82, 2.24) is 10.2 Å². The largest absolute Gasteiger partial charge is 0.394 e. The van der Waals surface area contributed by atoms with Gasteiger partial charge in [0.1, 0.15) is 11.6 Å². The summed E-state index contributed by atoms with van der Waals surface area (Å²) in [6.07, 6.45) is 3.06. The van der Waals surface area contributed by atoms with Gasteiger partial charge in [0.05, 0.1) is 30.1 Å². The predicted octanol–water partition coefficient (Wildman–Crippen LogP) is 3.33. The Balaban J connectivity index is 1.80. The number of amides is 3. The van der Waals surface area contributed by atoms with E-state index >= 15 is 0 Å². The topological polar surface area (TPSA) is 108 Å². The highest BCUT2D eigenvalue weighted by atomic mass is 16.5. The smallest absolute Gasteiger partial charge is 0.250 e. The lowest BCUT2D eigenvalue weighted by molar-refractivity contribution is -0.149. The molecule has 4 rings (SSSR count). The van der Waals surface area contributed by atoms with Crippen LogP contribution in [0.5, 0.6) is 0 Å². The van der Waals surface area contributed by atoms with E-state index in [0.717, 1.165) is 17.5 Å². The van der Waals surface area contributed by atoms with Gasteiger partial charge in [0.25, 0.3) is 0 Å². The van der Waals surface area contributed by atoms with Crippen LogP contribution in [0, 0.1) is 31.6 Å². The minimum Gasteiger partial charge on any atom is -0.394 e. The summed E-state index contributed by atoms with van der Waals surface area (Å²) >= 11 is 0. The molecule has 3 heterocycles.